The topological polar surface area (TPSA) is 169 Å². The zero-order valence-electron chi connectivity index (χ0n) is 22.9. The van der Waals surface area contributed by atoms with Crippen molar-refractivity contribution in [1.29, 1.82) is 0 Å². The first-order valence-corrected chi connectivity index (χ1v) is 13.2. The number of pyridine rings is 1. The highest BCUT2D eigenvalue weighted by molar-refractivity contribution is 6.01. The van der Waals surface area contributed by atoms with Gasteiger partial charge < -0.3 is 30.4 Å². The fourth-order valence-corrected chi connectivity index (χ4v) is 4.66. The summed E-state index contributed by atoms with van der Waals surface area (Å²) in [5.74, 6) is -4.13. The van der Waals surface area contributed by atoms with Crippen LogP contribution < -0.4 is 20.7 Å². The Labute approximate surface area is 242 Å². The van der Waals surface area contributed by atoms with Crippen LogP contribution in [-0.2, 0) is 25.3 Å². The third-order valence-corrected chi connectivity index (χ3v) is 6.78. The maximum atomic E-state index is 13.2. The molecule has 2 aromatic heterocycles. The van der Waals surface area contributed by atoms with Crippen LogP contribution in [0.2, 0.25) is 0 Å². The van der Waals surface area contributed by atoms with Gasteiger partial charge in [-0.25, -0.2) is 4.79 Å². The van der Waals surface area contributed by atoms with Crippen molar-refractivity contribution >= 4 is 40.4 Å². The SMILES string of the molecule is COc1cccc2[nH]c(C(=O)NCC(=O)N[C@@H](C[C@@H]3CCCNC3=O)C(=O)COC(=O)c3cccnc3C(F)(F)F)cc12. The molecule has 1 aliphatic rings. The van der Waals surface area contributed by atoms with Crippen LogP contribution in [0.25, 0.3) is 10.9 Å². The number of esters is 1. The molecule has 0 bridgehead atoms. The molecule has 2 atom stereocenters. The number of benzene rings is 1. The standard InChI is InChI=1S/C28H28F3N5O7/c1-42-22-8-2-7-18-17(22)12-20(35-18)26(40)34-13-23(38)36-19(11-15-5-3-10-33-25(15)39)21(37)14-43-27(41)16-6-4-9-32-24(16)28(29,30)31/h2,4,6-9,12,15,19,35H,3,5,10-11,13-14H2,1H3,(H,33,39)(H,34,40)(H,36,38)/t15-,19-/m0/s1. The van der Waals surface area contributed by atoms with Crippen molar-refractivity contribution in [2.45, 2.75) is 31.5 Å². The van der Waals surface area contributed by atoms with E-state index in [2.05, 4.69) is 25.9 Å². The third-order valence-electron chi connectivity index (χ3n) is 6.78. The lowest BCUT2D eigenvalue weighted by Crippen LogP contribution is -2.49. The third kappa shape index (κ3) is 7.67. The number of carbonyl (C=O) groups excluding carboxylic acids is 5. The smallest absolute Gasteiger partial charge is 0.434 e. The van der Waals surface area contributed by atoms with Crippen LogP contribution >= 0.6 is 0 Å². The van der Waals surface area contributed by atoms with E-state index in [4.69, 9.17) is 9.47 Å². The molecular formula is C28H28F3N5O7. The summed E-state index contributed by atoms with van der Waals surface area (Å²) in [6.07, 6.45) is -3.17. The number of fused-ring (bicyclic) bond motifs is 1. The van der Waals surface area contributed by atoms with E-state index in [1.54, 1.807) is 24.3 Å². The second-order valence-electron chi connectivity index (χ2n) is 9.71. The molecule has 4 N–H and O–H groups in total. The van der Waals surface area contributed by atoms with Crippen LogP contribution in [0.1, 0.15) is 45.8 Å². The van der Waals surface area contributed by atoms with E-state index in [0.717, 1.165) is 18.3 Å². The van der Waals surface area contributed by atoms with Crippen molar-refractivity contribution in [2.24, 2.45) is 5.92 Å². The number of carbonyl (C=O) groups is 5. The molecule has 0 saturated carbocycles. The molecule has 43 heavy (non-hydrogen) atoms. The van der Waals surface area contributed by atoms with Crippen molar-refractivity contribution < 1.29 is 46.6 Å². The maximum Gasteiger partial charge on any atom is 0.434 e. The number of alkyl halides is 3. The van der Waals surface area contributed by atoms with E-state index in [-0.39, 0.29) is 18.0 Å². The number of rotatable bonds is 11. The van der Waals surface area contributed by atoms with E-state index in [9.17, 15) is 37.1 Å². The maximum absolute atomic E-state index is 13.2. The molecule has 4 rings (SSSR count). The number of Topliss-reactive ketones (excluding diaryl/α,β-unsaturated/α-hetero) is 1. The van der Waals surface area contributed by atoms with E-state index in [1.165, 1.54) is 7.11 Å². The van der Waals surface area contributed by atoms with E-state index < -0.39 is 66.1 Å². The summed E-state index contributed by atoms with van der Waals surface area (Å²) in [4.78, 5) is 69.3. The van der Waals surface area contributed by atoms with Gasteiger partial charge in [-0.1, -0.05) is 6.07 Å². The molecule has 0 spiro atoms. The molecule has 0 radical (unpaired) electrons. The fraction of sp³-hybridized carbons (Fsp3) is 0.357. The molecule has 1 aliphatic heterocycles. The van der Waals surface area contributed by atoms with Crippen LogP contribution in [0.15, 0.2) is 42.6 Å². The molecule has 228 valence electrons. The minimum Gasteiger partial charge on any atom is -0.496 e. The van der Waals surface area contributed by atoms with Gasteiger partial charge in [0.1, 0.15) is 11.4 Å². The highest BCUT2D eigenvalue weighted by atomic mass is 19.4. The van der Waals surface area contributed by atoms with Gasteiger partial charge in [-0.05, 0) is 49.6 Å². The summed E-state index contributed by atoms with van der Waals surface area (Å²) in [6.45, 7) is -1.07. The first-order valence-electron chi connectivity index (χ1n) is 13.2. The Morgan fingerprint density at radius 2 is 1.95 bits per heavy atom. The number of ether oxygens (including phenoxy) is 2. The van der Waals surface area contributed by atoms with Crippen molar-refractivity contribution in [3.05, 3.63) is 59.5 Å². The highest BCUT2D eigenvalue weighted by Crippen LogP contribution is 2.30. The van der Waals surface area contributed by atoms with Crippen molar-refractivity contribution in [1.82, 2.24) is 25.9 Å². The molecule has 0 unspecified atom stereocenters. The average Bonchev–Trinajstić information content (AvgIpc) is 3.43. The number of halogens is 3. The summed E-state index contributed by atoms with van der Waals surface area (Å²) in [6, 6.07) is 7.39. The van der Waals surface area contributed by atoms with E-state index >= 15 is 0 Å². The second kappa shape index (κ2) is 13.4. The number of nitrogens with zero attached hydrogens (tertiary/aromatic N) is 1. The number of hydrogen-bond donors (Lipinski definition) is 4. The van der Waals surface area contributed by atoms with Gasteiger partial charge in [0.05, 0.1) is 25.3 Å². The minimum absolute atomic E-state index is 0.148. The predicted octanol–water partition coefficient (Wildman–Crippen LogP) is 2.15. The van der Waals surface area contributed by atoms with Crippen LogP contribution in [-0.4, -0.2) is 72.3 Å². The molecule has 12 nitrogen and oxygen atoms in total. The number of ketones is 1. The number of methoxy groups -OCH3 is 1. The predicted molar refractivity (Wildman–Crippen MR) is 144 cm³/mol. The second-order valence-corrected chi connectivity index (χ2v) is 9.71. The Kier molecular flexibility index (Phi) is 9.63. The molecule has 1 saturated heterocycles. The molecule has 3 aromatic rings. The van der Waals surface area contributed by atoms with Crippen LogP contribution in [0.4, 0.5) is 13.2 Å². The first-order chi connectivity index (χ1) is 20.5. The van der Waals surface area contributed by atoms with Crippen molar-refractivity contribution in [3.63, 3.8) is 0 Å². The van der Waals surface area contributed by atoms with E-state index in [0.29, 0.717) is 36.0 Å². The Balaban J connectivity index is 1.41. The largest absolute Gasteiger partial charge is 0.496 e. The van der Waals surface area contributed by atoms with Gasteiger partial charge >= 0.3 is 12.1 Å². The minimum atomic E-state index is -4.94. The Hall–Kier alpha value is -4.95. The summed E-state index contributed by atoms with van der Waals surface area (Å²) in [7, 11) is 1.49. The zero-order chi connectivity index (χ0) is 31.1. The lowest BCUT2D eigenvalue weighted by molar-refractivity contribution is -0.141. The van der Waals surface area contributed by atoms with Crippen LogP contribution in [0.5, 0.6) is 5.75 Å². The Morgan fingerprint density at radius 3 is 2.67 bits per heavy atom. The number of nitrogens with one attached hydrogen (secondary N) is 4. The molecule has 0 aliphatic carbocycles. The molecule has 3 heterocycles. The number of H-pyrrole nitrogens is 1. The van der Waals surface area contributed by atoms with Gasteiger partial charge in [0, 0.05) is 29.6 Å². The van der Waals surface area contributed by atoms with Gasteiger partial charge in [0.2, 0.25) is 11.8 Å². The number of piperidine rings is 1. The van der Waals surface area contributed by atoms with Gasteiger partial charge in [-0.3, -0.25) is 24.2 Å². The molecule has 15 heteroatoms. The molecule has 3 amide bonds. The molecule has 1 fully saturated rings. The lowest BCUT2D eigenvalue weighted by atomic mass is 9.90. The van der Waals surface area contributed by atoms with Crippen LogP contribution in [0, 0.1) is 5.92 Å². The molecule has 1 aromatic carbocycles. The first kappa shape index (κ1) is 31.0. The zero-order valence-corrected chi connectivity index (χ0v) is 22.9. The highest BCUT2D eigenvalue weighted by Gasteiger charge is 2.38. The van der Waals surface area contributed by atoms with Gasteiger partial charge in [0.25, 0.3) is 5.91 Å². The van der Waals surface area contributed by atoms with E-state index in [1.807, 2.05) is 0 Å². The quantitative estimate of drug-likeness (QED) is 0.242. The monoisotopic (exact) mass is 603 g/mol. The number of hydrogen-bond acceptors (Lipinski definition) is 8. The lowest BCUT2D eigenvalue weighted by Gasteiger charge is -2.26. The fourth-order valence-electron chi connectivity index (χ4n) is 4.66. The summed E-state index contributed by atoms with van der Waals surface area (Å²) in [5.41, 5.74) is -1.57. The number of aromatic amines is 1. The van der Waals surface area contributed by atoms with Crippen molar-refractivity contribution in [3.8, 4) is 5.75 Å². The van der Waals surface area contributed by atoms with Gasteiger partial charge in [-0.2, -0.15) is 13.2 Å². The van der Waals surface area contributed by atoms with Crippen molar-refractivity contribution in [2.75, 3.05) is 26.8 Å². The van der Waals surface area contributed by atoms with Gasteiger partial charge in [0.15, 0.2) is 18.1 Å². The summed E-state index contributed by atoms with van der Waals surface area (Å²) >= 11 is 0. The van der Waals surface area contributed by atoms with Crippen LogP contribution in [0.3, 0.4) is 0 Å². The average molecular weight is 604 g/mol. The summed E-state index contributed by atoms with van der Waals surface area (Å²) in [5, 5.41) is 8.19. The normalized spacial score (nSPS) is 15.7. The van der Waals surface area contributed by atoms with Gasteiger partial charge in [-0.15, -0.1) is 0 Å². The Bertz CT molecular complexity index is 1540. The summed E-state index contributed by atoms with van der Waals surface area (Å²) < 4.78 is 49.8. The number of amides is 3. The number of aromatic nitrogens is 2. The Morgan fingerprint density at radius 1 is 1.16 bits per heavy atom. The molecular weight excluding hydrogens is 575 g/mol.